The molecule has 1 saturated heterocycles. The van der Waals surface area contributed by atoms with E-state index in [1.54, 1.807) is 0 Å². The monoisotopic (exact) mass is 269 g/mol. The molecule has 0 aromatic heterocycles. The number of aliphatic hydroxyl groups is 1. The molecule has 1 atom stereocenters. The molecule has 3 heteroatoms. The lowest BCUT2D eigenvalue weighted by molar-refractivity contribution is 0.0889. The molecule has 82 valence electrons. The van der Waals surface area contributed by atoms with E-state index in [4.69, 9.17) is 0 Å². The normalized spacial score (nSPS) is 20.1. The second-order valence-corrected chi connectivity index (χ2v) is 5.00. The Morgan fingerprint density at radius 2 is 1.80 bits per heavy atom. The van der Waals surface area contributed by atoms with Crippen LogP contribution in [-0.4, -0.2) is 18.2 Å². The van der Waals surface area contributed by atoms with Gasteiger partial charge < -0.3 is 10.4 Å². The van der Waals surface area contributed by atoms with Crippen molar-refractivity contribution in [3.8, 4) is 0 Å². The lowest BCUT2D eigenvalue weighted by Gasteiger charge is -2.27. The van der Waals surface area contributed by atoms with Crippen LogP contribution in [0.25, 0.3) is 0 Å². The Morgan fingerprint density at radius 3 is 2.40 bits per heavy atom. The van der Waals surface area contributed by atoms with Gasteiger partial charge in [-0.3, -0.25) is 0 Å². The third kappa shape index (κ3) is 2.80. The summed E-state index contributed by atoms with van der Waals surface area (Å²) in [6, 6.07) is 7.97. The highest BCUT2D eigenvalue weighted by Crippen LogP contribution is 2.29. The van der Waals surface area contributed by atoms with E-state index in [1.807, 2.05) is 24.3 Å². The van der Waals surface area contributed by atoms with Crippen molar-refractivity contribution in [3.63, 3.8) is 0 Å². The van der Waals surface area contributed by atoms with Crippen LogP contribution in [0.5, 0.6) is 0 Å². The number of rotatable bonds is 2. The molecule has 1 aliphatic rings. The fraction of sp³-hybridized carbons (Fsp3) is 0.500. The van der Waals surface area contributed by atoms with E-state index in [-0.39, 0.29) is 6.10 Å². The molecule has 15 heavy (non-hydrogen) atoms. The molecule has 1 aromatic rings. The number of hydrogen-bond acceptors (Lipinski definition) is 2. The van der Waals surface area contributed by atoms with Crippen LogP contribution in [0, 0.1) is 5.92 Å². The van der Waals surface area contributed by atoms with E-state index in [0.717, 1.165) is 36.0 Å². The minimum Gasteiger partial charge on any atom is -0.388 e. The molecule has 1 aromatic carbocycles. The van der Waals surface area contributed by atoms with Crippen LogP contribution >= 0.6 is 15.9 Å². The van der Waals surface area contributed by atoms with Gasteiger partial charge in [-0.15, -0.1) is 0 Å². The molecule has 0 saturated carbocycles. The summed E-state index contributed by atoms with van der Waals surface area (Å²) >= 11 is 3.40. The predicted molar refractivity (Wildman–Crippen MR) is 64.7 cm³/mol. The standard InChI is InChI=1S/C12H16BrNO/c13-11-3-1-9(2-4-11)12(15)10-5-7-14-8-6-10/h1-4,10,12,14-15H,5-8H2/t12-/m1/s1. The van der Waals surface area contributed by atoms with Crippen LogP contribution in [0.15, 0.2) is 28.7 Å². The van der Waals surface area contributed by atoms with E-state index in [2.05, 4.69) is 21.2 Å². The first-order valence-electron chi connectivity index (χ1n) is 5.41. The number of nitrogens with one attached hydrogen (secondary N) is 1. The Labute approximate surface area is 98.8 Å². The van der Waals surface area contributed by atoms with Gasteiger partial charge in [0.1, 0.15) is 0 Å². The van der Waals surface area contributed by atoms with Gasteiger partial charge in [-0.2, -0.15) is 0 Å². The Morgan fingerprint density at radius 1 is 1.20 bits per heavy atom. The Hall–Kier alpha value is -0.380. The Bertz CT molecular complexity index is 306. The second-order valence-electron chi connectivity index (χ2n) is 4.08. The summed E-state index contributed by atoms with van der Waals surface area (Å²) in [6.07, 6.45) is 1.83. The maximum absolute atomic E-state index is 10.2. The van der Waals surface area contributed by atoms with E-state index in [1.165, 1.54) is 0 Å². The minimum absolute atomic E-state index is 0.305. The van der Waals surface area contributed by atoms with Crippen LogP contribution in [0.1, 0.15) is 24.5 Å². The van der Waals surface area contributed by atoms with Crippen molar-refractivity contribution < 1.29 is 5.11 Å². The summed E-state index contributed by atoms with van der Waals surface area (Å²) < 4.78 is 1.06. The molecule has 0 bridgehead atoms. The quantitative estimate of drug-likeness (QED) is 0.865. The van der Waals surface area contributed by atoms with Gasteiger partial charge >= 0.3 is 0 Å². The van der Waals surface area contributed by atoms with Gasteiger partial charge in [0, 0.05) is 4.47 Å². The van der Waals surface area contributed by atoms with Crippen LogP contribution < -0.4 is 5.32 Å². The van der Waals surface area contributed by atoms with Crippen LogP contribution in [0.3, 0.4) is 0 Å². The predicted octanol–water partition coefficient (Wildman–Crippen LogP) is 2.48. The van der Waals surface area contributed by atoms with E-state index < -0.39 is 0 Å². The topological polar surface area (TPSA) is 32.3 Å². The minimum atomic E-state index is -0.305. The zero-order chi connectivity index (χ0) is 10.7. The van der Waals surface area contributed by atoms with Crippen molar-refractivity contribution in [2.75, 3.05) is 13.1 Å². The van der Waals surface area contributed by atoms with Crippen LogP contribution in [0.4, 0.5) is 0 Å². The number of piperidine rings is 1. The van der Waals surface area contributed by atoms with Crippen molar-refractivity contribution in [3.05, 3.63) is 34.3 Å². The molecule has 0 amide bonds. The highest BCUT2D eigenvalue weighted by molar-refractivity contribution is 9.10. The highest BCUT2D eigenvalue weighted by atomic mass is 79.9. The van der Waals surface area contributed by atoms with Gasteiger partial charge in [-0.05, 0) is 49.5 Å². The summed E-state index contributed by atoms with van der Waals surface area (Å²) in [6.45, 7) is 2.05. The Kier molecular flexibility index (Phi) is 3.78. The second kappa shape index (κ2) is 5.10. The van der Waals surface area contributed by atoms with Crippen molar-refractivity contribution in [1.29, 1.82) is 0 Å². The van der Waals surface area contributed by atoms with Gasteiger partial charge in [-0.1, -0.05) is 28.1 Å². The van der Waals surface area contributed by atoms with Crippen molar-refractivity contribution in [1.82, 2.24) is 5.32 Å². The molecule has 0 radical (unpaired) electrons. The van der Waals surface area contributed by atoms with E-state index in [9.17, 15) is 5.11 Å². The summed E-state index contributed by atoms with van der Waals surface area (Å²) in [5, 5.41) is 13.5. The van der Waals surface area contributed by atoms with Crippen LogP contribution in [-0.2, 0) is 0 Å². The summed E-state index contributed by atoms with van der Waals surface area (Å²) in [4.78, 5) is 0. The summed E-state index contributed by atoms with van der Waals surface area (Å²) in [5.41, 5.74) is 1.03. The molecule has 0 spiro atoms. The van der Waals surface area contributed by atoms with Gasteiger partial charge in [0.15, 0.2) is 0 Å². The summed E-state index contributed by atoms with van der Waals surface area (Å²) in [5.74, 6) is 0.410. The first-order valence-corrected chi connectivity index (χ1v) is 6.21. The van der Waals surface area contributed by atoms with Crippen molar-refractivity contribution in [2.45, 2.75) is 18.9 Å². The first kappa shape index (κ1) is 11.1. The molecule has 1 heterocycles. The zero-order valence-electron chi connectivity index (χ0n) is 8.62. The maximum atomic E-state index is 10.2. The molecule has 2 rings (SSSR count). The molecular weight excluding hydrogens is 254 g/mol. The first-order chi connectivity index (χ1) is 7.27. The average molecular weight is 270 g/mol. The zero-order valence-corrected chi connectivity index (χ0v) is 10.2. The van der Waals surface area contributed by atoms with Crippen molar-refractivity contribution >= 4 is 15.9 Å². The fourth-order valence-corrected chi connectivity index (χ4v) is 2.36. The van der Waals surface area contributed by atoms with E-state index >= 15 is 0 Å². The summed E-state index contributed by atoms with van der Waals surface area (Å²) in [7, 11) is 0. The molecule has 0 aliphatic carbocycles. The largest absolute Gasteiger partial charge is 0.388 e. The third-order valence-corrected chi connectivity index (χ3v) is 3.57. The molecular formula is C12H16BrNO. The highest BCUT2D eigenvalue weighted by Gasteiger charge is 2.22. The number of aliphatic hydroxyl groups excluding tert-OH is 1. The van der Waals surface area contributed by atoms with E-state index in [0.29, 0.717) is 5.92 Å². The van der Waals surface area contributed by atoms with Gasteiger partial charge in [-0.25, -0.2) is 0 Å². The number of benzene rings is 1. The maximum Gasteiger partial charge on any atom is 0.0819 e. The van der Waals surface area contributed by atoms with Gasteiger partial charge in [0.05, 0.1) is 6.10 Å². The van der Waals surface area contributed by atoms with Crippen molar-refractivity contribution in [2.24, 2.45) is 5.92 Å². The number of hydrogen-bond donors (Lipinski definition) is 2. The Balaban J connectivity index is 2.05. The lowest BCUT2D eigenvalue weighted by atomic mass is 9.88. The lowest BCUT2D eigenvalue weighted by Crippen LogP contribution is -2.30. The van der Waals surface area contributed by atoms with Gasteiger partial charge in [0.2, 0.25) is 0 Å². The molecule has 1 fully saturated rings. The molecule has 2 N–H and O–H groups in total. The fourth-order valence-electron chi connectivity index (χ4n) is 2.09. The van der Waals surface area contributed by atoms with Gasteiger partial charge in [0.25, 0.3) is 0 Å². The smallest absolute Gasteiger partial charge is 0.0819 e. The van der Waals surface area contributed by atoms with Crippen LogP contribution in [0.2, 0.25) is 0 Å². The molecule has 0 unspecified atom stereocenters. The SMILES string of the molecule is O[C@H](c1ccc(Br)cc1)C1CCNCC1. The molecule has 1 aliphatic heterocycles. The third-order valence-electron chi connectivity index (χ3n) is 3.04. The average Bonchev–Trinajstić information content (AvgIpc) is 2.30. The number of halogens is 1. The molecule has 2 nitrogen and oxygen atoms in total.